The summed E-state index contributed by atoms with van der Waals surface area (Å²) in [5.74, 6) is 0.523. The number of rotatable bonds is 4. The van der Waals surface area contributed by atoms with E-state index in [-0.39, 0.29) is 11.9 Å². The second-order valence-electron chi connectivity index (χ2n) is 6.64. The summed E-state index contributed by atoms with van der Waals surface area (Å²) in [6.45, 7) is 7.41. The van der Waals surface area contributed by atoms with Crippen molar-refractivity contribution in [3.05, 3.63) is 47.4 Å². The molecular weight excluding hydrogens is 359 g/mol. The van der Waals surface area contributed by atoms with Gasteiger partial charge in [0.1, 0.15) is 11.8 Å². The van der Waals surface area contributed by atoms with Crippen molar-refractivity contribution in [3.63, 3.8) is 0 Å². The number of nitrogens with zero attached hydrogens (tertiary/aromatic N) is 5. The van der Waals surface area contributed by atoms with Crippen LogP contribution in [0.15, 0.2) is 30.3 Å². The highest BCUT2D eigenvalue weighted by Gasteiger charge is 2.30. The fourth-order valence-corrected chi connectivity index (χ4v) is 2.76. The average molecular weight is 379 g/mol. The lowest BCUT2D eigenvalue weighted by Crippen LogP contribution is -2.07. The SMILES string of the molecule is Cc1cc(-c2nc(C(C)O)nn2-c2ccc(C(F)(F)F)cc2)nn1C(C)C. The third-order valence-electron chi connectivity index (χ3n) is 4.08. The summed E-state index contributed by atoms with van der Waals surface area (Å²) in [5, 5.41) is 18.6. The van der Waals surface area contributed by atoms with Crippen molar-refractivity contribution in [3.8, 4) is 17.2 Å². The van der Waals surface area contributed by atoms with Crippen LogP contribution in [0.2, 0.25) is 0 Å². The number of halogens is 3. The van der Waals surface area contributed by atoms with Crippen LogP contribution in [0.1, 0.15) is 50.0 Å². The van der Waals surface area contributed by atoms with Gasteiger partial charge in [-0.3, -0.25) is 4.68 Å². The number of aliphatic hydroxyl groups is 1. The Hall–Kier alpha value is -2.68. The molecule has 1 N–H and O–H groups in total. The third-order valence-corrected chi connectivity index (χ3v) is 4.08. The van der Waals surface area contributed by atoms with E-state index in [0.29, 0.717) is 17.2 Å². The first-order valence-corrected chi connectivity index (χ1v) is 8.47. The van der Waals surface area contributed by atoms with Crippen molar-refractivity contribution in [2.45, 2.75) is 46.0 Å². The van der Waals surface area contributed by atoms with Crippen molar-refractivity contribution >= 4 is 0 Å². The number of aliphatic hydroxyl groups excluding tert-OH is 1. The van der Waals surface area contributed by atoms with Gasteiger partial charge in [-0.2, -0.15) is 18.3 Å². The van der Waals surface area contributed by atoms with Crippen molar-refractivity contribution in [1.82, 2.24) is 24.5 Å². The minimum atomic E-state index is -4.42. The van der Waals surface area contributed by atoms with E-state index in [2.05, 4.69) is 15.2 Å². The average Bonchev–Trinajstić information content (AvgIpc) is 3.18. The molecule has 144 valence electrons. The monoisotopic (exact) mass is 379 g/mol. The van der Waals surface area contributed by atoms with Crippen LogP contribution in [0.5, 0.6) is 0 Å². The summed E-state index contributed by atoms with van der Waals surface area (Å²) in [6.07, 6.45) is -5.34. The van der Waals surface area contributed by atoms with Crippen LogP contribution in [0.25, 0.3) is 17.2 Å². The zero-order valence-corrected chi connectivity index (χ0v) is 15.4. The van der Waals surface area contributed by atoms with E-state index in [1.54, 1.807) is 0 Å². The Kier molecular flexibility index (Phi) is 4.81. The van der Waals surface area contributed by atoms with E-state index in [0.717, 1.165) is 17.8 Å². The molecule has 0 amide bonds. The second kappa shape index (κ2) is 6.80. The molecule has 3 aromatic rings. The molecule has 0 fully saturated rings. The summed E-state index contributed by atoms with van der Waals surface area (Å²) < 4.78 is 41.7. The quantitative estimate of drug-likeness (QED) is 0.741. The second-order valence-corrected chi connectivity index (χ2v) is 6.64. The van der Waals surface area contributed by atoms with E-state index in [9.17, 15) is 18.3 Å². The van der Waals surface area contributed by atoms with Crippen LogP contribution in [0, 0.1) is 6.92 Å². The zero-order valence-electron chi connectivity index (χ0n) is 15.4. The van der Waals surface area contributed by atoms with E-state index >= 15 is 0 Å². The van der Waals surface area contributed by atoms with Gasteiger partial charge in [0.05, 0.1) is 11.3 Å². The lowest BCUT2D eigenvalue weighted by Gasteiger charge is -2.09. The summed E-state index contributed by atoms with van der Waals surface area (Å²) in [6, 6.07) is 6.58. The first-order valence-electron chi connectivity index (χ1n) is 8.47. The first kappa shape index (κ1) is 19.1. The molecule has 0 saturated carbocycles. The predicted octanol–water partition coefficient (Wildman–Crippen LogP) is 4.09. The molecule has 1 atom stereocenters. The van der Waals surface area contributed by atoms with Gasteiger partial charge >= 0.3 is 6.18 Å². The molecule has 3 rings (SSSR count). The van der Waals surface area contributed by atoms with Crippen LogP contribution in [-0.4, -0.2) is 29.7 Å². The Labute approximate surface area is 154 Å². The molecule has 9 heteroatoms. The summed E-state index contributed by atoms with van der Waals surface area (Å²) in [5.41, 5.74) is 1.10. The topological polar surface area (TPSA) is 68.8 Å². The largest absolute Gasteiger partial charge is 0.416 e. The Morgan fingerprint density at radius 1 is 1.04 bits per heavy atom. The van der Waals surface area contributed by atoms with Crippen molar-refractivity contribution in [1.29, 1.82) is 0 Å². The van der Waals surface area contributed by atoms with Crippen LogP contribution >= 0.6 is 0 Å². The number of benzene rings is 1. The number of aryl methyl sites for hydroxylation is 1. The molecule has 0 aliphatic carbocycles. The standard InChI is InChI=1S/C18H20F3N5O/c1-10(2)25-11(3)9-15(23-25)17-22-16(12(4)27)24-26(17)14-7-5-13(6-8-14)18(19,20)21/h5-10,12,27H,1-4H3. The molecule has 0 aliphatic rings. The van der Waals surface area contributed by atoms with Gasteiger partial charge in [0.15, 0.2) is 11.6 Å². The lowest BCUT2D eigenvalue weighted by atomic mass is 10.2. The molecule has 2 aromatic heterocycles. The van der Waals surface area contributed by atoms with E-state index < -0.39 is 17.8 Å². The highest BCUT2D eigenvalue weighted by molar-refractivity contribution is 5.54. The highest BCUT2D eigenvalue weighted by atomic mass is 19.4. The van der Waals surface area contributed by atoms with E-state index in [4.69, 9.17) is 0 Å². The van der Waals surface area contributed by atoms with Crippen molar-refractivity contribution in [2.75, 3.05) is 0 Å². The maximum Gasteiger partial charge on any atom is 0.416 e. The first-order chi connectivity index (χ1) is 12.6. The number of hydrogen-bond acceptors (Lipinski definition) is 4. The maximum atomic E-state index is 12.8. The minimum Gasteiger partial charge on any atom is -0.385 e. The molecule has 0 bridgehead atoms. The highest BCUT2D eigenvalue weighted by Crippen LogP contribution is 2.30. The maximum absolute atomic E-state index is 12.8. The molecule has 27 heavy (non-hydrogen) atoms. The fraction of sp³-hybridized carbons (Fsp3) is 0.389. The van der Waals surface area contributed by atoms with E-state index in [1.807, 2.05) is 31.5 Å². The minimum absolute atomic E-state index is 0.137. The summed E-state index contributed by atoms with van der Waals surface area (Å²) in [4.78, 5) is 4.35. The van der Waals surface area contributed by atoms with Gasteiger partial charge in [-0.05, 0) is 58.0 Å². The van der Waals surface area contributed by atoms with Gasteiger partial charge in [-0.15, -0.1) is 5.10 Å². The van der Waals surface area contributed by atoms with Gasteiger partial charge in [-0.1, -0.05) is 0 Å². The van der Waals surface area contributed by atoms with Gasteiger partial charge in [0.25, 0.3) is 0 Å². The van der Waals surface area contributed by atoms with Crippen LogP contribution in [0.4, 0.5) is 13.2 Å². The molecule has 0 spiro atoms. The lowest BCUT2D eigenvalue weighted by molar-refractivity contribution is -0.137. The molecule has 1 unspecified atom stereocenters. The molecule has 0 saturated heterocycles. The number of hydrogen-bond donors (Lipinski definition) is 1. The molecule has 6 nitrogen and oxygen atoms in total. The van der Waals surface area contributed by atoms with Crippen LogP contribution < -0.4 is 0 Å². The summed E-state index contributed by atoms with van der Waals surface area (Å²) in [7, 11) is 0. The molecule has 1 aromatic carbocycles. The predicted molar refractivity (Wildman–Crippen MR) is 93.3 cm³/mol. The Morgan fingerprint density at radius 2 is 1.67 bits per heavy atom. The van der Waals surface area contributed by atoms with Gasteiger partial charge < -0.3 is 5.11 Å². The fourth-order valence-electron chi connectivity index (χ4n) is 2.76. The third kappa shape index (κ3) is 3.73. The van der Waals surface area contributed by atoms with Gasteiger partial charge in [-0.25, -0.2) is 9.67 Å². The Bertz CT molecular complexity index is 939. The van der Waals surface area contributed by atoms with Crippen LogP contribution in [0.3, 0.4) is 0 Å². The molecule has 2 heterocycles. The normalized spacial score (nSPS) is 13.4. The molecular formula is C18H20F3N5O. The van der Waals surface area contributed by atoms with Crippen molar-refractivity contribution in [2.24, 2.45) is 0 Å². The Balaban J connectivity index is 2.12. The van der Waals surface area contributed by atoms with Crippen LogP contribution in [-0.2, 0) is 6.18 Å². The molecule has 0 radical (unpaired) electrons. The van der Waals surface area contributed by atoms with Gasteiger partial charge in [0.2, 0.25) is 0 Å². The van der Waals surface area contributed by atoms with Crippen molar-refractivity contribution < 1.29 is 18.3 Å². The molecule has 0 aliphatic heterocycles. The smallest absolute Gasteiger partial charge is 0.385 e. The number of aromatic nitrogens is 5. The zero-order chi connectivity index (χ0) is 19.9. The van der Waals surface area contributed by atoms with E-state index in [1.165, 1.54) is 23.7 Å². The number of alkyl halides is 3. The summed E-state index contributed by atoms with van der Waals surface area (Å²) >= 11 is 0. The van der Waals surface area contributed by atoms with Gasteiger partial charge in [0, 0.05) is 11.7 Å². The Morgan fingerprint density at radius 3 is 2.15 bits per heavy atom.